The lowest BCUT2D eigenvalue weighted by Gasteiger charge is -2.21. The maximum atomic E-state index is 11.8. The molecular formula is C16H26ClNO2Si. The van der Waals surface area contributed by atoms with Gasteiger partial charge in [0, 0.05) is 14.1 Å². The lowest BCUT2D eigenvalue weighted by molar-refractivity contribution is 0.0378. The molecule has 0 saturated heterocycles. The summed E-state index contributed by atoms with van der Waals surface area (Å²) in [4.78, 5) is 14.7. The Balaban J connectivity index is 2.73. The maximum absolute atomic E-state index is 11.8. The Morgan fingerprint density at radius 2 is 1.81 bits per heavy atom. The van der Waals surface area contributed by atoms with E-state index >= 15 is 0 Å². The van der Waals surface area contributed by atoms with Gasteiger partial charge in [0.1, 0.15) is 0 Å². The lowest BCUT2D eigenvalue weighted by Crippen LogP contribution is -2.22. The second-order valence-electron chi connectivity index (χ2n) is 6.84. The van der Waals surface area contributed by atoms with Crippen molar-refractivity contribution in [2.75, 3.05) is 0 Å². The largest absolute Gasteiger partial charge is 0.459 e. The Labute approximate surface area is 134 Å². The Bertz CT molecular complexity index is 454. The second kappa shape index (κ2) is 7.97. The van der Waals surface area contributed by atoms with Crippen molar-refractivity contribution < 1.29 is 9.53 Å². The molecule has 3 nitrogen and oxygen atoms in total. The van der Waals surface area contributed by atoms with Crippen molar-refractivity contribution in [3.63, 3.8) is 0 Å². The summed E-state index contributed by atoms with van der Waals surface area (Å²) >= 11 is 5.88. The predicted molar refractivity (Wildman–Crippen MR) is 91.5 cm³/mol. The minimum Gasteiger partial charge on any atom is -0.459 e. The zero-order chi connectivity index (χ0) is 16.0. The molecule has 0 unspecified atom stereocenters. The van der Waals surface area contributed by atoms with Crippen LogP contribution in [0.4, 0.5) is 0 Å². The fraction of sp³-hybridized carbons (Fsp3) is 0.562. The number of hydrogen-bond donors (Lipinski definition) is 1. The van der Waals surface area contributed by atoms with E-state index in [0.717, 1.165) is 12.0 Å². The maximum Gasteiger partial charge on any atom is 0.338 e. The van der Waals surface area contributed by atoms with Gasteiger partial charge in [-0.25, -0.2) is 9.63 Å². The fourth-order valence-corrected chi connectivity index (χ4v) is 3.38. The van der Waals surface area contributed by atoms with Gasteiger partial charge in [-0.15, -0.1) is 0 Å². The number of carbonyl (C=O) groups excluding carboxylic acids is 1. The third kappa shape index (κ3) is 6.63. The Morgan fingerprint density at radius 1 is 1.24 bits per heavy atom. The van der Waals surface area contributed by atoms with Gasteiger partial charge in [-0.3, -0.25) is 0 Å². The average molecular weight is 328 g/mol. The van der Waals surface area contributed by atoms with Gasteiger partial charge in [0.2, 0.25) is 0 Å². The van der Waals surface area contributed by atoms with Gasteiger partial charge >= 0.3 is 5.97 Å². The van der Waals surface area contributed by atoms with Gasteiger partial charge in [0.15, 0.2) is 0 Å². The Hall–Kier alpha value is -0.843. The quantitative estimate of drug-likeness (QED) is 0.445. The van der Waals surface area contributed by atoms with Gasteiger partial charge in [0.25, 0.3) is 0 Å². The van der Waals surface area contributed by atoms with Crippen LogP contribution in [-0.2, 0) is 4.74 Å². The van der Waals surface area contributed by atoms with Crippen molar-refractivity contribution in [1.82, 2.24) is 4.84 Å². The van der Waals surface area contributed by atoms with E-state index in [-0.39, 0.29) is 18.1 Å². The number of ether oxygens (including phenoxy) is 1. The third-order valence-electron chi connectivity index (χ3n) is 3.21. The molecule has 0 amide bonds. The smallest absolute Gasteiger partial charge is 0.338 e. The first-order valence-corrected chi connectivity index (χ1v) is 11.5. The fourth-order valence-electron chi connectivity index (χ4n) is 2.00. The first-order valence-electron chi connectivity index (χ1n) is 7.40. The van der Waals surface area contributed by atoms with E-state index in [4.69, 9.17) is 16.5 Å². The van der Waals surface area contributed by atoms with Crippen LogP contribution in [0.15, 0.2) is 24.3 Å². The SMILES string of the molecule is CC(C)OC(=O)c1ccc([C@@H](CC[Si](C)(C)C)NCl)cc1. The molecule has 0 aliphatic heterocycles. The van der Waals surface area contributed by atoms with Crippen LogP contribution in [0.25, 0.3) is 0 Å². The van der Waals surface area contributed by atoms with Gasteiger partial charge in [-0.1, -0.05) is 37.8 Å². The van der Waals surface area contributed by atoms with Crippen molar-refractivity contribution in [3.05, 3.63) is 35.4 Å². The zero-order valence-corrected chi connectivity index (χ0v) is 15.3. The molecule has 21 heavy (non-hydrogen) atoms. The summed E-state index contributed by atoms with van der Waals surface area (Å²) in [5.74, 6) is -0.283. The van der Waals surface area contributed by atoms with Gasteiger partial charge in [-0.2, -0.15) is 0 Å². The lowest BCUT2D eigenvalue weighted by atomic mass is 10.0. The first-order chi connectivity index (χ1) is 9.73. The number of hydrogen-bond acceptors (Lipinski definition) is 3. The molecular weight excluding hydrogens is 302 g/mol. The van der Waals surface area contributed by atoms with Crippen molar-refractivity contribution >= 4 is 25.8 Å². The molecule has 0 bridgehead atoms. The summed E-state index contributed by atoms with van der Waals surface area (Å²) in [5, 5.41) is 0. The van der Waals surface area contributed by atoms with Crippen molar-refractivity contribution in [1.29, 1.82) is 0 Å². The van der Waals surface area contributed by atoms with E-state index in [1.807, 2.05) is 26.0 Å². The highest BCUT2D eigenvalue weighted by Gasteiger charge is 2.18. The summed E-state index contributed by atoms with van der Waals surface area (Å²) < 4.78 is 5.18. The van der Waals surface area contributed by atoms with Gasteiger partial charge < -0.3 is 4.74 Å². The summed E-state index contributed by atoms with van der Waals surface area (Å²) in [6, 6.07) is 8.82. The topological polar surface area (TPSA) is 38.3 Å². The van der Waals surface area contributed by atoms with Crippen LogP contribution in [0.5, 0.6) is 0 Å². The third-order valence-corrected chi connectivity index (χ3v) is 5.26. The zero-order valence-electron chi connectivity index (χ0n) is 13.6. The highest BCUT2D eigenvalue weighted by Crippen LogP contribution is 2.24. The minimum absolute atomic E-state index is 0.105. The number of nitrogens with one attached hydrogen (secondary N) is 1. The molecule has 0 saturated carbocycles. The van der Waals surface area contributed by atoms with Crippen molar-refractivity contribution in [2.24, 2.45) is 0 Å². The van der Waals surface area contributed by atoms with Crippen LogP contribution < -0.4 is 4.84 Å². The molecule has 0 aromatic heterocycles. The van der Waals surface area contributed by atoms with Crippen LogP contribution >= 0.6 is 11.8 Å². The van der Waals surface area contributed by atoms with E-state index in [2.05, 4.69) is 24.5 Å². The molecule has 0 heterocycles. The average Bonchev–Trinajstić information content (AvgIpc) is 2.38. The molecule has 1 atom stereocenters. The highest BCUT2D eigenvalue weighted by molar-refractivity contribution is 6.76. The summed E-state index contributed by atoms with van der Waals surface area (Å²) in [6.45, 7) is 10.7. The van der Waals surface area contributed by atoms with E-state index in [1.165, 1.54) is 6.04 Å². The summed E-state index contributed by atoms with van der Waals surface area (Å²) in [5.41, 5.74) is 1.68. The first kappa shape index (κ1) is 18.2. The second-order valence-corrected chi connectivity index (χ2v) is 12.7. The molecule has 0 fully saturated rings. The predicted octanol–water partition coefficient (Wildman–Crippen LogP) is 4.76. The number of rotatable bonds is 7. The standard InChI is InChI=1S/C16H26ClNO2Si/c1-12(2)20-16(19)14-8-6-13(7-9-14)15(18-17)10-11-21(3,4)5/h6-9,12,15,18H,10-11H2,1-5H3/t15-/m1/s1. The van der Waals surface area contributed by atoms with E-state index in [9.17, 15) is 4.79 Å². The molecule has 5 heteroatoms. The Kier molecular flexibility index (Phi) is 6.91. The van der Waals surface area contributed by atoms with Crippen molar-refractivity contribution in [3.8, 4) is 0 Å². The van der Waals surface area contributed by atoms with Crippen LogP contribution in [0.3, 0.4) is 0 Å². The molecule has 0 aliphatic carbocycles. The number of benzene rings is 1. The van der Waals surface area contributed by atoms with E-state index in [0.29, 0.717) is 5.56 Å². The molecule has 1 aromatic carbocycles. The summed E-state index contributed by atoms with van der Waals surface area (Å²) in [6.07, 6.45) is 0.904. The van der Waals surface area contributed by atoms with Crippen molar-refractivity contribution in [2.45, 2.75) is 58.1 Å². The monoisotopic (exact) mass is 327 g/mol. The summed E-state index contributed by atoms with van der Waals surface area (Å²) in [7, 11) is -1.09. The molecule has 0 radical (unpaired) electrons. The number of halogens is 1. The highest BCUT2D eigenvalue weighted by atomic mass is 35.5. The van der Waals surface area contributed by atoms with E-state index < -0.39 is 8.07 Å². The van der Waals surface area contributed by atoms with Crippen LogP contribution in [0.1, 0.15) is 42.2 Å². The van der Waals surface area contributed by atoms with Gasteiger partial charge in [0.05, 0.1) is 11.7 Å². The number of esters is 1. The van der Waals surface area contributed by atoms with Crippen LogP contribution in [0.2, 0.25) is 25.7 Å². The van der Waals surface area contributed by atoms with Crippen LogP contribution in [0, 0.1) is 0 Å². The molecule has 118 valence electrons. The van der Waals surface area contributed by atoms with E-state index in [1.54, 1.807) is 12.1 Å². The minimum atomic E-state index is -1.09. The molecule has 0 aliphatic rings. The normalized spacial score (nSPS) is 13.3. The molecule has 0 spiro atoms. The Morgan fingerprint density at radius 3 is 2.24 bits per heavy atom. The van der Waals surface area contributed by atoms with Crippen LogP contribution in [-0.4, -0.2) is 20.1 Å². The molecule has 1 N–H and O–H groups in total. The molecule has 1 rings (SSSR count). The van der Waals surface area contributed by atoms with Gasteiger partial charge in [-0.05, 0) is 49.7 Å². The molecule has 1 aromatic rings. The number of carbonyl (C=O) groups is 1.